The SMILES string of the molecule is COC(=O)C(C)(COc1ccccc1)NCc1ccccc1Cl. The van der Waals surface area contributed by atoms with Gasteiger partial charge in [0.2, 0.25) is 0 Å². The van der Waals surface area contributed by atoms with Gasteiger partial charge in [-0.2, -0.15) is 0 Å². The fraction of sp³-hybridized carbons (Fsp3) is 0.278. The van der Waals surface area contributed by atoms with Crippen molar-refractivity contribution >= 4 is 17.6 Å². The first-order valence-electron chi connectivity index (χ1n) is 7.30. The van der Waals surface area contributed by atoms with Crippen LogP contribution in [0.3, 0.4) is 0 Å². The van der Waals surface area contributed by atoms with Gasteiger partial charge in [0.05, 0.1) is 7.11 Å². The summed E-state index contributed by atoms with van der Waals surface area (Å²) >= 11 is 6.15. The number of methoxy groups -OCH3 is 1. The third-order valence-corrected chi connectivity index (χ3v) is 3.90. The van der Waals surface area contributed by atoms with Gasteiger partial charge in [0.15, 0.2) is 0 Å². The van der Waals surface area contributed by atoms with Crippen LogP contribution in [0.5, 0.6) is 5.75 Å². The molecule has 0 radical (unpaired) electrons. The van der Waals surface area contributed by atoms with E-state index >= 15 is 0 Å². The summed E-state index contributed by atoms with van der Waals surface area (Å²) in [6.45, 7) is 2.33. The van der Waals surface area contributed by atoms with Crippen molar-refractivity contribution < 1.29 is 14.3 Å². The maximum absolute atomic E-state index is 12.2. The van der Waals surface area contributed by atoms with Gasteiger partial charge in [0.1, 0.15) is 17.9 Å². The summed E-state index contributed by atoms with van der Waals surface area (Å²) in [4.78, 5) is 12.2. The van der Waals surface area contributed by atoms with Gasteiger partial charge < -0.3 is 9.47 Å². The van der Waals surface area contributed by atoms with Crippen molar-refractivity contribution in [2.24, 2.45) is 0 Å². The lowest BCUT2D eigenvalue weighted by molar-refractivity contribution is -0.149. The third kappa shape index (κ3) is 4.71. The Hall–Kier alpha value is -2.04. The molecule has 1 atom stereocenters. The van der Waals surface area contributed by atoms with Crippen molar-refractivity contribution in [3.8, 4) is 5.75 Å². The van der Waals surface area contributed by atoms with Crippen LogP contribution in [0.1, 0.15) is 12.5 Å². The molecule has 0 bridgehead atoms. The highest BCUT2D eigenvalue weighted by Crippen LogP contribution is 2.18. The zero-order chi connectivity index (χ0) is 16.7. The van der Waals surface area contributed by atoms with Gasteiger partial charge in [0, 0.05) is 11.6 Å². The molecule has 0 spiro atoms. The molecule has 0 saturated carbocycles. The average Bonchev–Trinajstić information content (AvgIpc) is 2.59. The van der Waals surface area contributed by atoms with Crippen LogP contribution in [0, 0.1) is 0 Å². The van der Waals surface area contributed by atoms with Crippen molar-refractivity contribution in [1.29, 1.82) is 0 Å². The van der Waals surface area contributed by atoms with Crippen LogP contribution in [-0.4, -0.2) is 25.2 Å². The zero-order valence-corrected chi connectivity index (χ0v) is 14.0. The molecular weight excluding hydrogens is 314 g/mol. The summed E-state index contributed by atoms with van der Waals surface area (Å²) in [6, 6.07) is 16.8. The molecule has 2 aromatic carbocycles. The molecule has 0 heterocycles. The lowest BCUT2D eigenvalue weighted by Gasteiger charge is -2.28. The van der Waals surface area contributed by atoms with Crippen molar-refractivity contribution in [2.45, 2.75) is 19.0 Å². The Balaban J connectivity index is 2.06. The molecule has 1 unspecified atom stereocenters. The van der Waals surface area contributed by atoms with E-state index in [1.54, 1.807) is 6.92 Å². The van der Waals surface area contributed by atoms with E-state index in [-0.39, 0.29) is 12.6 Å². The smallest absolute Gasteiger partial charge is 0.329 e. The Morgan fingerprint density at radius 1 is 1.13 bits per heavy atom. The minimum absolute atomic E-state index is 0.147. The number of ether oxygens (including phenoxy) is 2. The molecule has 0 aromatic heterocycles. The Labute approximate surface area is 141 Å². The van der Waals surface area contributed by atoms with Crippen LogP contribution < -0.4 is 10.1 Å². The normalized spacial score (nSPS) is 13.2. The molecule has 0 amide bonds. The Morgan fingerprint density at radius 2 is 1.78 bits per heavy atom. The first kappa shape index (κ1) is 17.3. The molecule has 1 N–H and O–H groups in total. The minimum Gasteiger partial charge on any atom is -0.491 e. The molecule has 2 rings (SSSR count). The third-order valence-electron chi connectivity index (χ3n) is 3.53. The second-order valence-corrected chi connectivity index (χ2v) is 5.78. The Bertz CT molecular complexity index is 648. The highest BCUT2D eigenvalue weighted by Gasteiger charge is 2.35. The van der Waals surface area contributed by atoms with E-state index in [1.807, 2.05) is 54.6 Å². The number of benzene rings is 2. The second kappa shape index (κ2) is 7.99. The summed E-state index contributed by atoms with van der Waals surface area (Å²) < 4.78 is 10.6. The van der Waals surface area contributed by atoms with Crippen LogP contribution in [0.2, 0.25) is 5.02 Å². The Kier molecular flexibility index (Phi) is 6.02. The van der Waals surface area contributed by atoms with Crippen LogP contribution in [0.4, 0.5) is 0 Å². The van der Waals surface area contributed by atoms with Gasteiger partial charge in [0.25, 0.3) is 0 Å². The second-order valence-electron chi connectivity index (χ2n) is 5.37. The number of halogens is 1. The fourth-order valence-electron chi connectivity index (χ4n) is 2.08. The fourth-order valence-corrected chi connectivity index (χ4v) is 2.29. The summed E-state index contributed by atoms with van der Waals surface area (Å²) in [5.74, 6) is 0.308. The minimum atomic E-state index is -0.982. The van der Waals surface area contributed by atoms with Crippen LogP contribution in [-0.2, 0) is 16.1 Å². The highest BCUT2D eigenvalue weighted by atomic mass is 35.5. The standard InChI is InChI=1S/C18H20ClNO3/c1-18(17(21)22-2,13-23-15-9-4-3-5-10-15)20-12-14-8-6-7-11-16(14)19/h3-11,20H,12-13H2,1-2H3. The first-order valence-corrected chi connectivity index (χ1v) is 7.67. The molecule has 23 heavy (non-hydrogen) atoms. The molecule has 0 aliphatic rings. The monoisotopic (exact) mass is 333 g/mol. The number of carbonyl (C=O) groups excluding carboxylic acids is 1. The van der Waals surface area contributed by atoms with Crippen LogP contribution >= 0.6 is 11.6 Å². The molecule has 0 aliphatic carbocycles. The molecular formula is C18H20ClNO3. The number of hydrogen-bond donors (Lipinski definition) is 1. The van der Waals surface area contributed by atoms with E-state index in [4.69, 9.17) is 21.1 Å². The van der Waals surface area contributed by atoms with E-state index < -0.39 is 5.54 Å². The topological polar surface area (TPSA) is 47.6 Å². The van der Waals surface area contributed by atoms with E-state index in [9.17, 15) is 4.79 Å². The van der Waals surface area contributed by atoms with Gasteiger partial charge in [-0.3, -0.25) is 5.32 Å². The lowest BCUT2D eigenvalue weighted by Crippen LogP contribution is -2.54. The zero-order valence-electron chi connectivity index (χ0n) is 13.2. The average molecular weight is 334 g/mol. The summed E-state index contributed by atoms with van der Waals surface area (Å²) in [5.41, 5.74) is -0.0759. The maximum Gasteiger partial charge on any atom is 0.329 e. The number of esters is 1. The molecule has 122 valence electrons. The molecule has 2 aromatic rings. The van der Waals surface area contributed by atoms with Crippen LogP contribution in [0.15, 0.2) is 54.6 Å². The van der Waals surface area contributed by atoms with Crippen molar-refractivity contribution in [3.05, 3.63) is 65.2 Å². The predicted octanol–water partition coefficient (Wildman–Crippen LogP) is 3.44. The number of para-hydroxylation sites is 1. The molecule has 0 fully saturated rings. The quantitative estimate of drug-likeness (QED) is 0.788. The van der Waals surface area contributed by atoms with Crippen molar-refractivity contribution in [3.63, 3.8) is 0 Å². The van der Waals surface area contributed by atoms with Crippen LogP contribution in [0.25, 0.3) is 0 Å². The van der Waals surface area contributed by atoms with E-state index in [0.29, 0.717) is 17.3 Å². The number of hydrogen-bond acceptors (Lipinski definition) is 4. The maximum atomic E-state index is 12.2. The summed E-state index contributed by atoms with van der Waals surface area (Å²) in [5, 5.41) is 3.84. The van der Waals surface area contributed by atoms with E-state index in [2.05, 4.69) is 5.32 Å². The Morgan fingerprint density at radius 3 is 2.43 bits per heavy atom. The number of carbonyl (C=O) groups is 1. The van der Waals surface area contributed by atoms with Crippen molar-refractivity contribution in [1.82, 2.24) is 5.32 Å². The predicted molar refractivity (Wildman–Crippen MR) is 90.6 cm³/mol. The van der Waals surface area contributed by atoms with Gasteiger partial charge in [-0.1, -0.05) is 48.0 Å². The lowest BCUT2D eigenvalue weighted by atomic mass is 10.0. The molecule has 0 aliphatic heterocycles. The highest BCUT2D eigenvalue weighted by molar-refractivity contribution is 6.31. The van der Waals surface area contributed by atoms with Gasteiger partial charge in [-0.05, 0) is 30.7 Å². The van der Waals surface area contributed by atoms with Crippen molar-refractivity contribution in [2.75, 3.05) is 13.7 Å². The summed E-state index contributed by atoms with van der Waals surface area (Å²) in [6.07, 6.45) is 0. The largest absolute Gasteiger partial charge is 0.491 e. The molecule has 5 heteroatoms. The number of rotatable bonds is 7. The summed E-state index contributed by atoms with van der Waals surface area (Å²) in [7, 11) is 1.36. The van der Waals surface area contributed by atoms with Gasteiger partial charge in [-0.25, -0.2) is 4.79 Å². The molecule has 0 saturated heterocycles. The van der Waals surface area contributed by atoms with E-state index in [1.165, 1.54) is 7.11 Å². The van der Waals surface area contributed by atoms with Gasteiger partial charge in [-0.15, -0.1) is 0 Å². The van der Waals surface area contributed by atoms with Gasteiger partial charge >= 0.3 is 5.97 Å². The van der Waals surface area contributed by atoms with E-state index in [0.717, 1.165) is 5.56 Å². The first-order chi connectivity index (χ1) is 11.0. The number of nitrogens with one attached hydrogen (secondary N) is 1. The molecule has 4 nitrogen and oxygen atoms in total.